The summed E-state index contributed by atoms with van der Waals surface area (Å²) in [5.41, 5.74) is 2.54. The van der Waals surface area contributed by atoms with E-state index in [1.807, 2.05) is 25.1 Å². The molecule has 0 bridgehead atoms. The second kappa shape index (κ2) is 7.80. The highest BCUT2D eigenvalue weighted by Crippen LogP contribution is 2.23. The second-order valence-corrected chi connectivity index (χ2v) is 6.02. The van der Waals surface area contributed by atoms with Crippen LogP contribution in [0.2, 0.25) is 5.02 Å². The standard InChI is InChI=1S/C20H16ClN3O2/c1-13-16(21)8-5-9-17(13)24-19(25)14-10-11-22-18(12-14)20(26)23-15-6-3-2-4-7-15/h2-12H,1H3,(H,23,26)(H,24,25). The molecule has 5 nitrogen and oxygen atoms in total. The summed E-state index contributed by atoms with van der Waals surface area (Å²) in [5, 5.41) is 6.11. The van der Waals surface area contributed by atoms with E-state index in [4.69, 9.17) is 11.6 Å². The van der Waals surface area contributed by atoms with E-state index in [0.29, 0.717) is 22.0 Å². The van der Waals surface area contributed by atoms with Gasteiger partial charge in [-0.2, -0.15) is 0 Å². The van der Waals surface area contributed by atoms with Gasteiger partial charge in [-0.25, -0.2) is 0 Å². The molecule has 0 fully saturated rings. The van der Waals surface area contributed by atoms with Crippen molar-refractivity contribution in [3.05, 3.63) is 88.7 Å². The minimum Gasteiger partial charge on any atom is -0.322 e. The quantitative estimate of drug-likeness (QED) is 0.712. The first-order valence-electron chi connectivity index (χ1n) is 7.93. The largest absolute Gasteiger partial charge is 0.322 e. The molecule has 2 aromatic carbocycles. The fraction of sp³-hybridized carbons (Fsp3) is 0.0500. The predicted octanol–water partition coefficient (Wildman–Crippen LogP) is 4.55. The summed E-state index contributed by atoms with van der Waals surface area (Å²) in [4.78, 5) is 28.9. The first-order chi connectivity index (χ1) is 12.5. The summed E-state index contributed by atoms with van der Waals surface area (Å²) in [6, 6.07) is 17.3. The molecule has 0 aliphatic heterocycles. The highest BCUT2D eigenvalue weighted by Gasteiger charge is 2.13. The van der Waals surface area contributed by atoms with Crippen LogP contribution >= 0.6 is 11.6 Å². The summed E-state index contributed by atoms with van der Waals surface area (Å²) in [7, 11) is 0. The Kier molecular flexibility index (Phi) is 5.29. The summed E-state index contributed by atoms with van der Waals surface area (Å²) in [6.07, 6.45) is 1.43. The molecule has 1 aromatic heterocycles. The molecule has 0 aliphatic rings. The average Bonchev–Trinajstić information content (AvgIpc) is 2.66. The highest BCUT2D eigenvalue weighted by atomic mass is 35.5. The molecule has 130 valence electrons. The number of anilines is 2. The van der Waals surface area contributed by atoms with Crippen LogP contribution in [-0.2, 0) is 0 Å². The number of carbonyl (C=O) groups excluding carboxylic acids is 2. The monoisotopic (exact) mass is 365 g/mol. The third-order valence-corrected chi connectivity index (χ3v) is 4.21. The average molecular weight is 366 g/mol. The van der Waals surface area contributed by atoms with Crippen molar-refractivity contribution in [3.8, 4) is 0 Å². The van der Waals surface area contributed by atoms with Crippen LogP contribution in [0.4, 0.5) is 11.4 Å². The molecular weight excluding hydrogens is 350 g/mol. The zero-order valence-electron chi connectivity index (χ0n) is 14.0. The topological polar surface area (TPSA) is 71.1 Å². The number of amides is 2. The van der Waals surface area contributed by atoms with Gasteiger partial charge >= 0.3 is 0 Å². The minimum absolute atomic E-state index is 0.157. The molecule has 26 heavy (non-hydrogen) atoms. The summed E-state index contributed by atoms with van der Waals surface area (Å²) < 4.78 is 0. The molecule has 3 rings (SSSR count). The number of hydrogen-bond donors (Lipinski definition) is 2. The SMILES string of the molecule is Cc1c(Cl)cccc1NC(=O)c1ccnc(C(=O)Nc2ccccc2)c1. The zero-order chi connectivity index (χ0) is 18.5. The normalized spacial score (nSPS) is 10.2. The van der Waals surface area contributed by atoms with Crippen molar-refractivity contribution < 1.29 is 9.59 Å². The van der Waals surface area contributed by atoms with Crippen LogP contribution in [0, 0.1) is 6.92 Å². The molecule has 0 saturated heterocycles. The Labute approximate surface area is 156 Å². The van der Waals surface area contributed by atoms with Crippen molar-refractivity contribution in [3.63, 3.8) is 0 Å². The van der Waals surface area contributed by atoms with Gasteiger partial charge < -0.3 is 10.6 Å². The number of rotatable bonds is 4. The molecule has 0 unspecified atom stereocenters. The Morgan fingerprint density at radius 1 is 0.923 bits per heavy atom. The van der Waals surface area contributed by atoms with Crippen molar-refractivity contribution in [2.45, 2.75) is 6.92 Å². The van der Waals surface area contributed by atoms with Crippen LogP contribution in [0.3, 0.4) is 0 Å². The van der Waals surface area contributed by atoms with Crippen molar-refractivity contribution >= 4 is 34.8 Å². The fourth-order valence-electron chi connectivity index (χ4n) is 2.35. The van der Waals surface area contributed by atoms with Crippen LogP contribution < -0.4 is 10.6 Å². The van der Waals surface area contributed by atoms with Gasteiger partial charge in [0.2, 0.25) is 0 Å². The van der Waals surface area contributed by atoms with E-state index in [9.17, 15) is 9.59 Å². The van der Waals surface area contributed by atoms with E-state index in [1.165, 1.54) is 12.3 Å². The number of aromatic nitrogens is 1. The van der Waals surface area contributed by atoms with Gasteiger partial charge in [0.15, 0.2) is 0 Å². The van der Waals surface area contributed by atoms with Gasteiger partial charge in [0.1, 0.15) is 5.69 Å². The Balaban J connectivity index is 1.77. The molecule has 0 aliphatic carbocycles. The molecule has 2 N–H and O–H groups in total. The van der Waals surface area contributed by atoms with Crippen LogP contribution in [0.5, 0.6) is 0 Å². The van der Waals surface area contributed by atoms with E-state index in [1.54, 1.807) is 36.4 Å². The smallest absolute Gasteiger partial charge is 0.274 e. The Morgan fingerprint density at radius 2 is 1.69 bits per heavy atom. The Bertz CT molecular complexity index is 958. The first-order valence-corrected chi connectivity index (χ1v) is 8.31. The molecule has 0 radical (unpaired) electrons. The van der Waals surface area contributed by atoms with E-state index < -0.39 is 0 Å². The van der Waals surface area contributed by atoms with E-state index in [-0.39, 0.29) is 17.5 Å². The van der Waals surface area contributed by atoms with Crippen molar-refractivity contribution in [1.29, 1.82) is 0 Å². The molecule has 6 heteroatoms. The van der Waals surface area contributed by atoms with Gasteiger partial charge in [-0.1, -0.05) is 35.9 Å². The van der Waals surface area contributed by atoms with Crippen LogP contribution in [0.25, 0.3) is 0 Å². The van der Waals surface area contributed by atoms with Gasteiger partial charge in [0, 0.05) is 28.2 Å². The number of carbonyl (C=O) groups is 2. The lowest BCUT2D eigenvalue weighted by molar-refractivity contribution is 0.102. The Hall–Kier alpha value is -3.18. The first kappa shape index (κ1) is 17.6. The molecular formula is C20H16ClN3O2. The van der Waals surface area contributed by atoms with Gasteiger partial charge in [-0.3, -0.25) is 14.6 Å². The number of pyridine rings is 1. The molecule has 2 amide bonds. The number of nitrogens with zero attached hydrogens (tertiary/aromatic N) is 1. The van der Waals surface area contributed by atoms with Gasteiger partial charge in [0.05, 0.1) is 0 Å². The lowest BCUT2D eigenvalue weighted by atomic mass is 10.1. The van der Waals surface area contributed by atoms with Crippen molar-refractivity contribution in [2.24, 2.45) is 0 Å². The molecule has 0 spiro atoms. The van der Waals surface area contributed by atoms with Crippen LogP contribution in [-0.4, -0.2) is 16.8 Å². The summed E-state index contributed by atoms with van der Waals surface area (Å²) in [6.45, 7) is 1.82. The third kappa shape index (κ3) is 4.07. The van der Waals surface area contributed by atoms with Crippen LogP contribution in [0.15, 0.2) is 66.9 Å². The minimum atomic E-state index is -0.384. The van der Waals surface area contributed by atoms with E-state index in [0.717, 1.165) is 5.56 Å². The van der Waals surface area contributed by atoms with E-state index >= 15 is 0 Å². The number of hydrogen-bond acceptors (Lipinski definition) is 3. The maximum absolute atomic E-state index is 12.5. The fourth-order valence-corrected chi connectivity index (χ4v) is 2.52. The molecule has 0 atom stereocenters. The van der Waals surface area contributed by atoms with E-state index in [2.05, 4.69) is 15.6 Å². The highest BCUT2D eigenvalue weighted by molar-refractivity contribution is 6.31. The van der Waals surface area contributed by atoms with Crippen molar-refractivity contribution in [1.82, 2.24) is 4.98 Å². The zero-order valence-corrected chi connectivity index (χ0v) is 14.7. The third-order valence-electron chi connectivity index (χ3n) is 3.80. The lowest BCUT2D eigenvalue weighted by Crippen LogP contribution is -2.17. The predicted molar refractivity (Wildman–Crippen MR) is 103 cm³/mol. The molecule has 1 heterocycles. The summed E-state index contributed by atoms with van der Waals surface area (Å²) >= 11 is 6.07. The maximum atomic E-state index is 12.5. The van der Waals surface area contributed by atoms with Gasteiger partial charge in [0.25, 0.3) is 11.8 Å². The molecule has 0 saturated carbocycles. The molecule has 3 aromatic rings. The van der Waals surface area contributed by atoms with Gasteiger partial charge in [-0.15, -0.1) is 0 Å². The number of nitrogens with one attached hydrogen (secondary N) is 2. The number of benzene rings is 2. The van der Waals surface area contributed by atoms with Crippen molar-refractivity contribution in [2.75, 3.05) is 10.6 Å². The van der Waals surface area contributed by atoms with Gasteiger partial charge in [-0.05, 0) is 48.9 Å². The lowest BCUT2D eigenvalue weighted by Gasteiger charge is -2.10. The number of para-hydroxylation sites is 1. The Morgan fingerprint density at radius 3 is 2.46 bits per heavy atom. The second-order valence-electron chi connectivity index (χ2n) is 5.62. The van der Waals surface area contributed by atoms with Crippen LogP contribution in [0.1, 0.15) is 26.4 Å². The maximum Gasteiger partial charge on any atom is 0.274 e. The summed E-state index contributed by atoms with van der Waals surface area (Å²) in [5.74, 6) is -0.726. The number of halogens is 1.